The highest BCUT2D eigenvalue weighted by Gasteiger charge is 2.59. The van der Waals surface area contributed by atoms with Crippen LogP contribution in [0.2, 0.25) is 0 Å². The Hall–Kier alpha value is 0. The van der Waals surface area contributed by atoms with E-state index in [0.29, 0.717) is 11.3 Å². The van der Waals surface area contributed by atoms with Crippen molar-refractivity contribution in [3.8, 4) is 0 Å². The monoisotopic (exact) mass is 352 g/mol. The molecule has 0 saturated carbocycles. The van der Waals surface area contributed by atoms with Gasteiger partial charge in [0.05, 0.1) is 0 Å². The van der Waals surface area contributed by atoms with Crippen LogP contribution in [0.3, 0.4) is 0 Å². The van der Waals surface area contributed by atoms with E-state index in [4.69, 9.17) is 0 Å². The van der Waals surface area contributed by atoms with Crippen molar-refractivity contribution in [1.29, 1.82) is 0 Å². The summed E-state index contributed by atoms with van der Waals surface area (Å²) in [5.41, 5.74) is 1.26. The van der Waals surface area contributed by atoms with Crippen molar-refractivity contribution in [1.82, 2.24) is 0 Å². The summed E-state index contributed by atoms with van der Waals surface area (Å²) in [7, 11) is 0. The average Bonchev–Trinajstić information content (AvgIpc) is 2.51. The Kier molecular flexibility index (Phi) is 7.55. The van der Waals surface area contributed by atoms with Crippen molar-refractivity contribution in [3.05, 3.63) is 0 Å². The molecule has 0 rings (SSSR count). The van der Waals surface area contributed by atoms with Crippen LogP contribution in [0.25, 0.3) is 0 Å². The van der Waals surface area contributed by atoms with Crippen molar-refractivity contribution in [2.45, 2.75) is 117 Å². The van der Waals surface area contributed by atoms with E-state index in [9.17, 15) is 0 Å². The first-order valence-corrected chi connectivity index (χ1v) is 10.9. The van der Waals surface area contributed by atoms with Crippen LogP contribution in [-0.4, -0.2) is 0 Å². The predicted molar refractivity (Wildman–Crippen MR) is 117 cm³/mol. The third-order valence-corrected chi connectivity index (χ3v) is 10.8. The standard InChI is InChI=1S/C25H52/c1-16-18(3)19(4)20(5)22(8,9)24(12,13)25(14,15)23(10,11)21(6,7)17-2/h18-20H,16-17H2,1-15H3. The zero-order chi connectivity index (χ0) is 20.6. The fourth-order valence-electron chi connectivity index (χ4n) is 4.97. The normalized spacial score (nSPS) is 18.8. The highest BCUT2D eigenvalue weighted by Crippen LogP contribution is 2.66. The van der Waals surface area contributed by atoms with E-state index in [1.807, 2.05) is 0 Å². The van der Waals surface area contributed by atoms with Gasteiger partial charge in [0, 0.05) is 0 Å². The lowest BCUT2D eigenvalue weighted by Gasteiger charge is -2.65. The summed E-state index contributed by atoms with van der Waals surface area (Å²) in [5, 5.41) is 0. The van der Waals surface area contributed by atoms with Gasteiger partial charge in [0.1, 0.15) is 0 Å². The van der Waals surface area contributed by atoms with Gasteiger partial charge >= 0.3 is 0 Å². The summed E-state index contributed by atoms with van der Waals surface area (Å²) in [5.74, 6) is 2.22. The van der Waals surface area contributed by atoms with Crippen LogP contribution in [-0.2, 0) is 0 Å². The molecular weight excluding hydrogens is 300 g/mol. The maximum absolute atomic E-state index is 2.54. The lowest BCUT2D eigenvalue weighted by molar-refractivity contribution is -0.162. The molecule has 0 bridgehead atoms. The number of rotatable bonds is 9. The Labute approximate surface area is 161 Å². The van der Waals surface area contributed by atoms with Crippen molar-refractivity contribution in [2.75, 3.05) is 0 Å². The first-order valence-electron chi connectivity index (χ1n) is 10.9. The summed E-state index contributed by atoms with van der Waals surface area (Å²) in [6, 6.07) is 0. The molecule has 3 unspecified atom stereocenters. The number of hydrogen-bond acceptors (Lipinski definition) is 0. The molecule has 3 atom stereocenters. The van der Waals surface area contributed by atoms with Gasteiger partial charge in [0.25, 0.3) is 0 Å². The quantitative estimate of drug-likeness (QED) is 0.388. The minimum Gasteiger partial charge on any atom is -0.0651 e. The molecule has 0 spiro atoms. The minimum atomic E-state index is 0.215. The van der Waals surface area contributed by atoms with Crippen LogP contribution >= 0.6 is 0 Å². The van der Waals surface area contributed by atoms with Crippen molar-refractivity contribution in [3.63, 3.8) is 0 Å². The van der Waals surface area contributed by atoms with E-state index in [1.165, 1.54) is 12.8 Å². The second kappa shape index (κ2) is 7.55. The zero-order valence-corrected chi connectivity index (χ0v) is 20.6. The smallest absolute Gasteiger partial charge is 0.0241 e. The van der Waals surface area contributed by atoms with Gasteiger partial charge in [-0.05, 0) is 44.8 Å². The van der Waals surface area contributed by atoms with E-state index in [2.05, 4.69) is 104 Å². The lowest BCUT2D eigenvalue weighted by atomic mass is 9.40. The molecule has 0 aliphatic rings. The van der Waals surface area contributed by atoms with Crippen LogP contribution in [0.4, 0.5) is 0 Å². The molecule has 0 aromatic rings. The molecule has 0 aliphatic heterocycles. The van der Waals surface area contributed by atoms with Gasteiger partial charge < -0.3 is 0 Å². The molecule has 0 saturated heterocycles. The molecule has 0 N–H and O–H groups in total. The van der Waals surface area contributed by atoms with Crippen LogP contribution < -0.4 is 0 Å². The Balaban J connectivity index is 6.09. The van der Waals surface area contributed by atoms with E-state index < -0.39 is 0 Å². The van der Waals surface area contributed by atoms with Crippen LogP contribution in [0.5, 0.6) is 0 Å². The molecule has 0 amide bonds. The molecule has 0 heteroatoms. The van der Waals surface area contributed by atoms with Crippen molar-refractivity contribution < 1.29 is 0 Å². The Bertz CT molecular complexity index is 419. The summed E-state index contributed by atoms with van der Waals surface area (Å²) in [6.07, 6.45) is 2.50. The van der Waals surface area contributed by atoms with Gasteiger partial charge in [0.15, 0.2) is 0 Å². The molecule has 152 valence electrons. The van der Waals surface area contributed by atoms with Gasteiger partial charge in [-0.15, -0.1) is 0 Å². The molecule has 0 aliphatic carbocycles. The van der Waals surface area contributed by atoms with E-state index in [0.717, 1.165) is 11.8 Å². The van der Waals surface area contributed by atoms with E-state index >= 15 is 0 Å². The molecule has 25 heavy (non-hydrogen) atoms. The van der Waals surface area contributed by atoms with Gasteiger partial charge in [-0.25, -0.2) is 0 Å². The second-order valence-electron chi connectivity index (χ2n) is 11.9. The van der Waals surface area contributed by atoms with Crippen molar-refractivity contribution in [2.24, 2.45) is 44.8 Å². The van der Waals surface area contributed by atoms with E-state index in [-0.39, 0.29) is 21.7 Å². The summed E-state index contributed by atoms with van der Waals surface area (Å²) in [6.45, 7) is 37.3. The van der Waals surface area contributed by atoms with Gasteiger partial charge in [-0.3, -0.25) is 0 Å². The van der Waals surface area contributed by atoms with E-state index in [1.54, 1.807) is 0 Å². The Morgan fingerprint density at radius 1 is 0.600 bits per heavy atom. The molecule has 0 radical (unpaired) electrons. The van der Waals surface area contributed by atoms with Crippen LogP contribution in [0.15, 0.2) is 0 Å². The molecule has 0 fully saturated rings. The van der Waals surface area contributed by atoms with Crippen LogP contribution in [0.1, 0.15) is 117 Å². The highest BCUT2D eigenvalue weighted by molar-refractivity contribution is 5.08. The summed E-state index contributed by atoms with van der Waals surface area (Å²) < 4.78 is 0. The van der Waals surface area contributed by atoms with Gasteiger partial charge in [-0.2, -0.15) is 0 Å². The molecular formula is C25H52. The van der Waals surface area contributed by atoms with Crippen molar-refractivity contribution >= 4 is 0 Å². The Morgan fingerprint density at radius 3 is 1.32 bits per heavy atom. The number of hydrogen-bond donors (Lipinski definition) is 0. The molecule has 0 nitrogen and oxygen atoms in total. The second-order valence-corrected chi connectivity index (χ2v) is 11.9. The molecule has 0 aromatic carbocycles. The zero-order valence-electron chi connectivity index (χ0n) is 20.6. The summed E-state index contributed by atoms with van der Waals surface area (Å²) >= 11 is 0. The third kappa shape index (κ3) is 3.84. The topological polar surface area (TPSA) is 0 Å². The SMILES string of the molecule is CCC(C)C(C)C(C)C(C)(C)C(C)(C)C(C)(C)C(C)(C)C(C)(C)CC. The lowest BCUT2D eigenvalue weighted by Crippen LogP contribution is -2.58. The average molecular weight is 353 g/mol. The maximum Gasteiger partial charge on any atom is -0.0241 e. The van der Waals surface area contributed by atoms with Gasteiger partial charge in [0.2, 0.25) is 0 Å². The highest BCUT2D eigenvalue weighted by atomic mass is 14.6. The maximum atomic E-state index is 2.54. The first-order chi connectivity index (χ1) is 10.9. The Morgan fingerprint density at radius 2 is 1.00 bits per heavy atom. The third-order valence-electron chi connectivity index (χ3n) is 10.8. The minimum absolute atomic E-state index is 0.215. The van der Waals surface area contributed by atoms with Crippen LogP contribution in [0, 0.1) is 44.8 Å². The fraction of sp³-hybridized carbons (Fsp3) is 1.00. The molecule has 0 heterocycles. The summed E-state index contributed by atoms with van der Waals surface area (Å²) in [4.78, 5) is 0. The fourth-order valence-corrected chi connectivity index (χ4v) is 4.97. The van der Waals surface area contributed by atoms with Gasteiger partial charge in [-0.1, -0.05) is 117 Å². The predicted octanol–water partition coefficient (Wildman–Crippen LogP) is 8.85. The largest absolute Gasteiger partial charge is 0.0651 e. The molecule has 0 aromatic heterocycles. The first kappa shape index (κ1) is 25.0.